The second-order valence-corrected chi connectivity index (χ2v) is 9.47. The zero-order chi connectivity index (χ0) is 23.4. The van der Waals surface area contributed by atoms with Crippen molar-refractivity contribution in [3.63, 3.8) is 0 Å². The zero-order valence-electron chi connectivity index (χ0n) is 19.0. The fourth-order valence-electron chi connectivity index (χ4n) is 4.00. The lowest BCUT2D eigenvalue weighted by molar-refractivity contribution is 0.103. The highest BCUT2D eigenvalue weighted by Crippen LogP contribution is 2.28. The van der Waals surface area contributed by atoms with Crippen LogP contribution in [0.25, 0.3) is 0 Å². The largest absolute Gasteiger partial charge is 0.368 e. The van der Waals surface area contributed by atoms with Crippen LogP contribution in [0, 0.1) is 13.8 Å². The second-order valence-electron chi connectivity index (χ2n) is 8.03. The van der Waals surface area contributed by atoms with Crippen molar-refractivity contribution in [2.45, 2.75) is 39.7 Å². The Bertz CT molecular complexity index is 1120. The van der Waals surface area contributed by atoms with Crippen LogP contribution in [0.2, 0.25) is 5.02 Å². The number of likely N-dealkylation sites (tertiary alicyclic amines) is 1. The number of thiazole rings is 1. The molecular formula is C23H28ClN7OS. The van der Waals surface area contributed by atoms with Crippen molar-refractivity contribution in [1.29, 1.82) is 0 Å². The molecule has 1 amide bonds. The van der Waals surface area contributed by atoms with E-state index in [1.165, 1.54) is 24.2 Å². The molecule has 2 aromatic heterocycles. The maximum Gasteiger partial charge on any atom is 0.267 e. The number of carbonyl (C=O) groups is 1. The summed E-state index contributed by atoms with van der Waals surface area (Å²) in [5, 5.41) is 10.6. The van der Waals surface area contributed by atoms with Crippen LogP contribution in [-0.2, 0) is 0 Å². The average molecular weight is 486 g/mol. The Labute approximate surface area is 202 Å². The van der Waals surface area contributed by atoms with Crippen LogP contribution in [0.3, 0.4) is 0 Å². The van der Waals surface area contributed by atoms with Crippen molar-refractivity contribution in [3.8, 4) is 0 Å². The Balaban J connectivity index is 1.41. The number of rotatable bonds is 8. The number of hydrogen-bond donors (Lipinski definition) is 3. The molecule has 174 valence electrons. The minimum atomic E-state index is -0.255. The Kier molecular flexibility index (Phi) is 7.42. The van der Waals surface area contributed by atoms with Gasteiger partial charge in [0.05, 0.1) is 16.9 Å². The number of nitrogens with zero attached hydrogens (tertiary/aromatic N) is 4. The van der Waals surface area contributed by atoms with Gasteiger partial charge in [0.2, 0.25) is 0 Å². The summed E-state index contributed by atoms with van der Waals surface area (Å²) in [6, 6.07) is 7.90. The van der Waals surface area contributed by atoms with Gasteiger partial charge in [-0.1, -0.05) is 42.0 Å². The quantitative estimate of drug-likeness (QED) is 0.408. The molecule has 3 N–H and O–H groups in total. The third kappa shape index (κ3) is 5.79. The topological polar surface area (TPSA) is 95.1 Å². The lowest BCUT2D eigenvalue weighted by Gasteiger charge is -2.23. The molecule has 0 spiro atoms. The minimum absolute atomic E-state index is 0.255. The number of benzene rings is 1. The molecule has 4 rings (SSSR count). The summed E-state index contributed by atoms with van der Waals surface area (Å²) in [7, 11) is 0. The first kappa shape index (κ1) is 23.4. The van der Waals surface area contributed by atoms with Crippen molar-refractivity contribution in [2.75, 3.05) is 35.6 Å². The van der Waals surface area contributed by atoms with Crippen molar-refractivity contribution in [3.05, 3.63) is 51.7 Å². The van der Waals surface area contributed by atoms with Gasteiger partial charge in [-0.05, 0) is 51.4 Å². The molecule has 1 saturated heterocycles. The van der Waals surface area contributed by atoms with E-state index in [2.05, 4.69) is 42.7 Å². The summed E-state index contributed by atoms with van der Waals surface area (Å²) < 4.78 is 0. The Morgan fingerprint density at radius 1 is 1.27 bits per heavy atom. The van der Waals surface area contributed by atoms with E-state index >= 15 is 0 Å². The average Bonchev–Trinajstić information content (AvgIpc) is 3.43. The number of aryl methyl sites for hydroxylation is 2. The Morgan fingerprint density at radius 2 is 2.09 bits per heavy atom. The molecule has 1 atom stereocenters. The normalized spacial score (nSPS) is 16.1. The van der Waals surface area contributed by atoms with Gasteiger partial charge in [0.1, 0.15) is 22.3 Å². The molecule has 0 radical (unpaired) electrons. The zero-order valence-corrected chi connectivity index (χ0v) is 20.6. The van der Waals surface area contributed by atoms with E-state index in [1.54, 1.807) is 12.3 Å². The van der Waals surface area contributed by atoms with Crippen LogP contribution < -0.4 is 16.0 Å². The highest BCUT2D eigenvalue weighted by atomic mass is 35.5. The SMILES string of the molecule is CCN1CCCC1CNc1cc(Nc2ncc(C(=O)Nc3c(C)cccc3Cl)s2)nc(C)n1. The van der Waals surface area contributed by atoms with Gasteiger partial charge in [-0.2, -0.15) is 0 Å². The highest BCUT2D eigenvalue weighted by Gasteiger charge is 2.22. The molecule has 1 aliphatic heterocycles. The van der Waals surface area contributed by atoms with Crippen LogP contribution in [0.4, 0.5) is 22.5 Å². The van der Waals surface area contributed by atoms with E-state index in [-0.39, 0.29) is 5.91 Å². The monoisotopic (exact) mass is 485 g/mol. The second kappa shape index (κ2) is 10.5. The first-order chi connectivity index (χ1) is 15.9. The summed E-state index contributed by atoms with van der Waals surface area (Å²) >= 11 is 7.48. The predicted molar refractivity (Wildman–Crippen MR) is 135 cm³/mol. The van der Waals surface area contributed by atoms with Crippen molar-refractivity contribution in [2.24, 2.45) is 0 Å². The summed E-state index contributed by atoms with van der Waals surface area (Å²) in [5.41, 5.74) is 1.51. The van der Waals surface area contributed by atoms with Crippen LogP contribution in [0.1, 0.15) is 40.8 Å². The number of aromatic nitrogens is 3. The van der Waals surface area contributed by atoms with Crippen molar-refractivity contribution >= 4 is 51.3 Å². The minimum Gasteiger partial charge on any atom is -0.368 e. The fraction of sp³-hybridized carbons (Fsp3) is 0.391. The fourth-order valence-corrected chi connectivity index (χ4v) is 4.99. The lowest BCUT2D eigenvalue weighted by Crippen LogP contribution is -2.34. The van der Waals surface area contributed by atoms with Crippen LogP contribution >= 0.6 is 22.9 Å². The first-order valence-electron chi connectivity index (χ1n) is 11.1. The Morgan fingerprint density at radius 3 is 2.88 bits per heavy atom. The van der Waals surface area contributed by atoms with Gasteiger partial charge in [0.25, 0.3) is 5.91 Å². The number of nitrogens with one attached hydrogen (secondary N) is 3. The third-order valence-electron chi connectivity index (χ3n) is 5.69. The van der Waals surface area contributed by atoms with E-state index in [1.807, 2.05) is 32.0 Å². The van der Waals surface area contributed by atoms with Gasteiger partial charge in [-0.15, -0.1) is 0 Å². The maximum atomic E-state index is 12.7. The molecule has 8 nitrogen and oxygen atoms in total. The maximum absolute atomic E-state index is 12.7. The molecule has 1 aliphatic rings. The molecule has 0 saturated carbocycles. The highest BCUT2D eigenvalue weighted by molar-refractivity contribution is 7.17. The molecule has 33 heavy (non-hydrogen) atoms. The number of anilines is 4. The van der Waals surface area contributed by atoms with Gasteiger partial charge in [0.15, 0.2) is 5.13 Å². The standard InChI is InChI=1S/C23H28ClN7OS/c1-4-31-10-6-8-16(31)12-25-19-11-20(28-15(3)27-19)29-23-26-13-18(33-23)22(32)30-21-14(2)7-5-9-17(21)24/h5,7,9,11,13,16H,4,6,8,10,12H2,1-3H3,(H,30,32)(H2,25,26,27,28,29). The number of carbonyl (C=O) groups excluding carboxylic acids is 1. The Hall–Kier alpha value is -2.75. The molecule has 3 heterocycles. The van der Waals surface area contributed by atoms with E-state index < -0.39 is 0 Å². The van der Waals surface area contributed by atoms with Crippen molar-refractivity contribution < 1.29 is 4.79 Å². The lowest BCUT2D eigenvalue weighted by atomic mass is 10.2. The van der Waals surface area contributed by atoms with E-state index in [0.717, 1.165) is 31.0 Å². The van der Waals surface area contributed by atoms with Crippen LogP contribution in [-0.4, -0.2) is 51.4 Å². The first-order valence-corrected chi connectivity index (χ1v) is 12.2. The van der Waals surface area contributed by atoms with Crippen molar-refractivity contribution in [1.82, 2.24) is 19.9 Å². The van der Waals surface area contributed by atoms with E-state index in [4.69, 9.17) is 11.6 Å². The number of halogens is 1. The molecule has 1 fully saturated rings. The molecular weight excluding hydrogens is 458 g/mol. The van der Waals surface area contributed by atoms with Gasteiger partial charge in [0, 0.05) is 18.7 Å². The molecule has 0 bridgehead atoms. The predicted octanol–water partition coefficient (Wildman–Crippen LogP) is 5.10. The number of para-hydroxylation sites is 1. The summed E-state index contributed by atoms with van der Waals surface area (Å²) in [6.07, 6.45) is 3.99. The molecule has 3 aromatic rings. The molecule has 10 heteroatoms. The smallest absolute Gasteiger partial charge is 0.267 e. The molecule has 1 aromatic carbocycles. The van der Waals surface area contributed by atoms with Crippen LogP contribution in [0.5, 0.6) is 0 Å². The van der Waals surface area contributed by atoms with E-state index in [0.29, 0.717) is 38.4 Å². The van der Waals surface area contributed by atoms with Gasteiger partial charge in [-0.3, -0.25) is 9.69 Å². The summed E-state index contributed by atoms with van der Waals surface area (Å²) in [5.74, 6) is 1.81. The molecule has 0 aliphatic carbocycles. The summed E-state index contributed by atoms with van der Waals surface area (Å²) in [6.45, 7) is 9.04. The number of likely N-dealkylation sites (N-methyl/N-ethyl adjacent to an activating group) is 1. The number of hydrogen-bond acceptors (Lipinski definition) is 8. The van der Waals surface area contributed by atoms with Gasteiger partial charge in [-0.25, -0.2) is 15.0 Å². The van der Waals surface area contributed by atoms with Gasteiger partial charge >= 0.3 is 0 Å². The molecule has 1 unspecified atom stereocenters. The van der Waals surface area contributed by atoms with Gasteiger partial charge < -0.3 is 16.0 Å². The summed E-state index contributed by atoms with van der Waals surface area (Å²) in [4.78, 5) is 29.0. The van der Waals surface area contributed by atoms with E-state index in [9.17, 15) is 4.79 Å². The third-order valence-corrected chi connectivity index (χ3v) is 6.91. The number of amides is 1. The van der Waals surface area contributed by atoms with Crippen LogP contribution in [0.15, 0.2) is 30.5 Å².